The number of hydrogen-bond donors (Lipinski definition) is 0. The van der Waals surface area contributed by atoms with E-state index in [1.54, 1.807) is 6.92 Å². The Balaban J connectivity index is 2.86. The molecule has 0 N–H and O–H groups in total. The Hall–Kier alpha value is -0.420. The van der Waals surface area contributed by atoms with Crippen molar-refractivity contribution >= 4 is 0 Å². The fourth-order valence-corrected chi connectivity index (χ4v) is 2.61. The highest BCUT2D eigenvalue weighted by atomic mass is 19.4. The van der Waals surface area contributed by atoms with Gasteiger partial charge in [0.25, 0.3) is 0 Å². The molecule has 1 rings (SSSR count). The van der Waals surface area contributed by atoms with Gasteiger partial charge in [-0.15, -0.1) is 0 Å². The molecule has 3 unspecified atom stereocenters. The minimum Gasteiger partial charge on any atom is -0.170 e. The SMILES string of the molecule is CC1CCC(C(C(F)(F)F)C(F)(F)F)CC1C. The van der Waals surface area contributed by atoms with E-state index < -0.39 is 24.2 Å². The molecule has 0 amide bonds. The van der Waals surface area contributed by atoms with Gasteiger partial charge in [-0.1, -0.05) is 20.3 Å². The van der Waals surface area contributed by atoms with E-state index in [0.29, 0.717) is 6.42 Å². The van der Waals surface area contributed by atoms with E-state index >= 15 is 0 Å². The second kappa shape index (κ2) is 4.69. The van der Waals surface area contributed by atoms with E-state index in [1.807, 2.05) is 6.92 Å². The summed E-state index contributed by atoms with van der Waals surface area (Å²) in [4.78, 5) is 0. The Bertz CT molecular complexity index is 240. The molecule has 0 aliphatic heterocycles. The second-order valence-electron chi connectivity index (χ2n) is 5.09. The minimum absolute atomic E-state index is 0.00481. The van der Waals surface area contributed by atoms with Crippen LogP contribution in [0.25, 0.3) is 0 Å². The Kier molecular flexibility index (Phi) is 4.04. The molecule has 1 aliphatic carbocycles. The van der Waals surface area contributed by atoms with Crippen LogP contribution in [0.1, 0.15) is 33.1 Å². The minimum atomic E-state index is -5.19. The molecule has 102 valence electrons. The van der Waals surface area contributed by atoms with Crippen LogP contribution >= 0.6 is 0 Å². The van der Waals surface area contributed by atoms with E-state index in [-0.39, 0.29) is 24.7 Å². The molecule has 1 saturated carbocycles. The summed E-state index contributed by atoms with van der Waals surface area (Å²) in [5.74, 6) is -4.36. The van der Waals surface area contributed by atoms with Crippen molar-refractivity contribution in [2.75, 3.05) is 0 Å². The van der Waals surface area contributed by atoms with E-state index in [4.69, 9.17) is 0 Å². The molecular weight excluding hydrogens is 246 g/mol. The molecule has 0 nitrogen and oxygen atoms in total. The van der Waals surface area contributed by atoms with Crippen LogP contribution in [0.2, 0.25) is 0 Å². The average Bonchev–Trinajstić information content (AvgIpc) is 2.06. The second-order valence-corrected chi connectivity index (χ2v) is 5.09. The molecule has 0 bridgehead atoms. The topological polar surface area (TPSA) is 0 Å². The van der Waals surface area contributed by atoms with Gasteiger partial charge < -0.3 is 0 Å². The van der Waals surface area contributed by atoms with Crippen molar-refractivity contribution in [2.24, 2.45) is 23.7 Å². The zero-order valence-electron chi connectivity index (χ0n) is 9.70. The Morgan fingerprint density at radius 1 is 0.824 bits per heavy atom. The number of rotatable bonds is 1. The summed E-state index contributed by atoms with van der Waals surface area (Å²) >= 11 is 0. The first-order chi connectivity index (χ1) is 7.53. The van der Waals surface area contributed by atoms with E-state index in [2.05, 4.69) is 0 Å². The lowest BCUT2D eigenvalue weighted by molar-refractivity contribution is -0.302. The Morgan fingerprint density at radius 2 is 1.29 bits per heavy atom. The molecule has 0 aromatic carbocycles. The van der Waals surface area contributed by atoms with Crippen LogP contribution < -0.4 is 0 Å². The predicted molar refractivity (Wildman–Crippen MR) is 51.3 cm³/mol. The maximum Gasteiger partial charge on any atom is 0.400 e. The van der Waals surface area contributed by atoms with Gasteiger partial charge in [0.05, 0.1) is 0 Å². The van der Waals surface area contributed by atoms with Gasteiger partial charge in [-0.25, -0.2) is 0 Å². The normalized spacial score (nSPS) is 31.9. The van der Waals surface area contributed by atoms with Crippen LogP contribution in [0.5, 0.6) is 0 Å². The lowest BCUT2D eigenvalue weighted by atomic mass is 9.71. The molecular formula is C11H16F6. The van der Waals surface area contributed by atoms with E-state index in [9.17, 15) is 26.3 Å². The van der Waals surface area contributed by atoms with Crippen molar-refractivity contribution < 1.29 is 26.3 Å². The van der Waals surface area contributed by atoms with Gasteiger partial charge in [-0.05, 0) is 30.6 Å². The van der Waals surface area contributed by atoms with Gasteiger partial charge in [0.1, 0.15) is 0 Å². The number of alkyl halides is 6. The smallest absolute Gasteiger partial charge is 0.170 e. The third-order valence-electron chi connectivity index (χ3n) is 3.82. The van der Waals surface area contributed by atoms with Gasteiger partial charge in [-0.2, -0.15) is 26.3 Å². The molecule has 1 fully saturated rings. The van der Waals surface area contributed by atoms with Crippen molar-refractivity contribution in [1.29, 1.82) is 0 Å². The first-order valence-corrected chi connectivity index (χ1v) is 5.67. The summed E-state index contributed by atoms with van der Waals surface area (Å²) in [5, 5.41) is 0. The Morgan fingerprint density at radius 3 is 1.65 bits per heavy atom. The maximum absolute atomic E-state index is 12.5. The maximum atomic E-state index is 12.5. The summed E-state index contributed by atoms with van der Waals surface area (Å²) in [6.07, 6.45) is -9.93. The molecule has 17 heavy (non-hydrogen) atoms. The lowest BCUT2D eigenvalue weighted by Gasteiger charge is -2.38. The summed E-state index contributed by atoms with van der Waals surface area (Å²) in [7, 11) is 0. The molecule has 0 aromatic heterocycles. The summed E-state index contributed by atoms with van der Waals surface area (Å²) < 4.78 is 75.0. The van der Waals surface area contributed by atoms with Crippen molar-refractivity contribution in [3.05, 3.63) is 0 Å². The molecule has 3 atom stereocenters. The molecule has 0 spiro atoms. The first-order valence-electron chi connectivity index (χ1n) is 5.67. The van der Waals surface area contributed by atoms with Gasteiger partial charge in [-0.3, -0.25) is 0 Å². The molecule has 0 heterocycles. The van der Waals surface area contributed by atoms with Crippen LogP contribution in [0.3, 0.4) is 0 Å². The summed E-state index contributed by atoms with van der Waals surface area (Å²) in [5.41, 5.74) is 0. The van der Waals surface area contributed by atoms with Crippen molar-refractivity contribution in [3.63, 3.8) is 0 Å². The average molecular weight is 262 g/mol. The van der Waals surface area contributed by atoms with Crippen molar-refractivity contribution in [2.45, 2.75) is 45.5 Å². The summed E-state index contributed by atoms with van der Waals surface area (Å²) in [6, 6.07) is 0. The highest BCUT2D eigenvalue weighted by Crippen LogP contribution is 2.49. The molecule has 0 aromatic rings. The standard InChI is InChI=1S/C11H16F6/c1-6-3-4-8(5-7(6)2)9(10(12,13)14)11(15,16)17/h6-9H,3-5H2,1-2H3. The highest BCUT2D eigenvalue weighted by molar-refractivity contribution is 4.87. The van der Waals surface area contributed by atoms with Crippen LogP contribution in [-0.4, -0.2) is 12.4 Å². The molecule has 6 heteroatoms. The van der Waals surface area contributed by atoms with Crippen LogP contribution in [0.4, 0.5) is 26.3 Å². The van der Waals surface area contributed by atoms with Crippen molar-refractivity contribution in [3.8, 4) is 0 Å². The van der Waals surface area contributed by atoms with Gasteiger partial charge in [0.15, 0.2) is 5.92 Å². The summed E-state index contributed by atoms with van der Waals surface area (Å²) in [6.45, 7) is 3.59. The monoisotopic (exact) mass is 262 g/mol. The molecule has 0 saturated heterocycles. The van der Waals surface area contributed by atoms with Gasteiger partial charge in [0.2, 0.25) is 0 Å². The zero-order chi connectivity index (χ0) is 13.4. The fourth-order valence-electron chi connectivity index (χ4n) is 2.61. The lowest BCUT2D eigenvalue weighted by Crippen LogP contribution is -2.44. The largest absolute Gasteiger partial charge is 0.400 e. The Labute approximate surface area is 96.4 Å². The fraction of sp³-hybridized carbons (Fsp3) is 1.00. The molecule has 1 aliphatic rings. The van der Waals surface area contributed by atoms with E-state index in [1.165, 1.54) is 0 Å². The predicted octanol–water partition coefficient (Wildman–Crippen LogP) is 4.80. The van der Waals surface area contributed by atoms with E-state index in [0.717, 1.165) is 0 Å². The zero-order valence-corrected chi connectivity index (χ0v) is 9.70. The van der Waals surface area contributed by atoms with Gasteiger partial charge in [0, 0.05) is 0 Å². The third-order valence-corrected chi connectivity index (χ3v) is 3.82. The van der Waals surface area contributed by atoms with Gasteiger partial charge >= 0.3 is 12.4 Å². The third kappa shape index (κ3) is 3.52. The quantitative estimate of drug-likeness (QED) is 0.595. The van der Waals surface area contributed by atoms with Crippen LogP contribution in [-0.2, 0) is 0 Å². The number of halogens is 6. The number of hydrogen-bond acceptors (Lipinski definition) is 0. The molecule has 0 radical (unpaired) electrons. The van der Waals surface area contributed by atoms with Crippen molar-refractivity contribution in [1.82, 2.24) is 0 Å². The van der Waals surface area contributed by atoms with Crippen LogP contribution in [0.15, 0.2) is 0 Å². The van der Waals surface area contributed by atoms with Crippen LogP contribution in [0, 0.1) is 23.7 Å². The highest BCUT2D eigenvalue weighted by Gasteiger charge is 2.60. The first kappa shape index (κ1) is 14.6.